The molecule has 3 nitrogen and oxygen atoms in total. The molecular weight excluding hydrogens is 154 g/mol. The number of hydrogen-bond acceptors (Lipinski definition) is 3. The summed E-state index contributed by atoms with van der Waals surface area (Å²) in [4.78, 5) is 11.1. The smallest absolute Gasteiger partial charge is 0.352 e. The van der Waals surface area contributed by atoms with Crippen LogP contribution >= 0.6 is 0 Å². The fraction of sp³-hybridized carbons (Fsp3) is 0.667. The SMILES string of the molecule is CC[CH]C(=N)C(=O)OC(C)(C)C. The molecule has 0 aliphatic carbocycles. The molecule has 0 bridgehead atoms. The van der Waals surface area contributed by atoms with Gasteiger partial charge in [0.25, 0.3) is 0 Å². The highest BCUT2D eigenvalue weighted by Crippen LogP contribution is 2.07. The van der Waals surface area contributed by atoms with Crippen LogP contribution in [0.2, 0.25) is 0 Å². The van der Waals surface area contributed by atoms with Gasteiger partial charge in [-0.3, -0.25) is 5.41 Å². The normalized spacial score (nSPS) is 11.0. The van der Waals surface area contributed by atoms with Crippen LogP contribution in [0.3, 0.4) is 0 Å². The maximum atomic E-state index is 11.1. The zero-order valence-electron chi connectivity index (χ0n) is 8.10. The Hall–Kier alpha value is -0.860. The summed E-state index contributed by atoms with van der Waals surface area (Å²) in [6.45, 7) is 7.22. The zero-order chi connectivity index (χ0) is 9.78. The van der Waals surface area contributed by atoms with Crippen LogP contribution in [-0.2, 0) is 9.53 Å². The van der Waals surface area contributed by atoms with E-state index >= 15 is 0 Å². The molecule has 0 aliphatic rings. The van der Waals surface area contributed by atoms with Crippen molar-refractivity contribution in [2.75, 3.05) is 0 Å². The highest BCUT2D eigenvalue weighted by Gasteiger charge is 2.19. The molecule has 0 unspecified atom stereocenters. The number of rotatable bonds is 3. The lowest BCUT2D eigenvalue weighted by atomic mass is 10.2. The maximum absolute atomic E-state index is 11.1. The van der Waals surface area contributed by atoms with Gasteiger partial charge in [0, 0.05) is 6.42 Å². The van der Waals surface area contributed by atoms with Crippen molar-refractivity contribution in [1.29, 1.82) is 5.41 Å². The molecule has 0 saturated carbocycles. The molecule has 1 radical (unpaired) electrons. The van der Waals surface area contributed by atoms with Crippen LogP contribution < -0.4 is 0 Å². The third-order valence-corrected chi connectivity index (χ3v) is 1.03. The van der Waals surface area contributed by atoms with E-state index in [9.17, 15) is 4.79 Å². The van der Waals surface area contributed by atoms with Gasteiger partial charge in [0.2, 0.25) is 0 Å². The fourth-order valence-corrected chi connectivity index (χ4v) is 0.621. The van der Waals surface area contributed by atoms with Crippen molar-refractivity contribution in [2.24, 2.45) is 0 Å². The van der Waals surface area contributed by atoms with Crippen LogP contribution in [0.5, 0.6) is 0 Å². The van der Waals surface area contributed by atoms with Gasteiger partial charge in [-0.1, -0.05) is 6.92 Å². The van der Waals surface area contributed by atoms with E-state index in [4.69, 9.17) is 10.1 Å². The maximum Gasteiger partial charge on any atom is 0.352 e. The summed E-state index contributed by atoms with van der Waals surface area (Å²) < 4.78 is 4.96. The average Bonchev–Trinajstić information content (AvgIpc) is 1.84. The number of carbonyl (C=O) groups excluding carboxylic acids is 1. The van der Waals surface area contributed by atoms with Crippen LogP contribution in [0.15, 0.2) is 0 Å². The van der Waals surface area contributed by atoms with E-state index in [0.29, 0.717) is 6.42 Å². The molecule has 0 rings (SSSR count). The van der Waals surface area contributed by atoms with Crippen molar-refractivity contribution in [2.45, 2.75) is 39.7 Å². The Bertz CT molecular complexity index is 179. The summed E-state index contributed by atoms with van der Waals surface area (Å²) in [6.07, 6.45) is 2.21. The van der Waals surface area contributed by atoms with Gasteiger partial charge in [-0.05, 0) is 27.2 Å². The number of esters is 1. The Kier molecular flexibility index (Phi) is 3.93. The van der Waals surface area contributed by atoms with Gasteiger partial charge in [-0.15, -0.1) is 0 Å². The molecule has 69 valence electrons. The molecule has 0 fully saturated rings. The predicted octanol–water partition coefficient (Wildman–Crippen LogP) is 1.96. The number of nitrogens with one attached hydrogen (secondary N) is 1. The molecule has 0 aromatic rings. The Morgan fingerprint density at radius 1 is 1.50 bits per heavy atom. The van der Waals surface area contributed by atoms with E-state index in [2.05, 4.69) is 0 Å². The lowest BCUT2D eigenvalue weighted by molar-refractivity contribution is -0.146. The molecule has 0 aliphatic heterocycles. The van der Waals surface area contributed by atoms with E-state index in [1.165, 1.54) is 6.42 Å². The van der Waals surface area contributed by atoms with Crippen molar-refractivity contribution in [3.05, 3.63) is 6.42 Å². The van der Waals surface area contributed by atoms with E-state index in [1.807, 2.05) is 6.92 Å². The van der Waals surface area contributed by atoms with Crippen LogP contribution in [0.1, 0.15) is 34.1 Å². The summed E-state index contributed by atoms with van der Waals surface area (Å²) in [5, 5.41) is 7.24. The van der Waals surface area contributed by atoms with E-state index in [1.54, 1.807) is 20.8 Å². The predicted molar refractivity (Wildman–Crippen MR) is 48.2 cm³/mol. The van der Waals surface area contributed by atoms with E-state index in [0.717, 1.165) is 0 Å². The minimum absolute atomic E-state index is 0.0626. The first-order valence-corrected chi connectivity index (χ1v) is 4.02. The molecule has 0 aromatic carbocycles. The van der Waals surface area contributed by atoms with Crippen molar-refractivity contribution in [3.8, 4) is 0 Å². The number of ether oxygens (including phenoxy) is 1. The first-order chi connectivity index (χ1) is 5.37. The van der Waals surface area contributed by atoms with E-state index in [-0.39, 0.29) is 5.71 Å². The molecule has 0 saturated heterocycles. The molecule has 0 heterocycles. The van der Waals surface area contributed by atoms with Gasteiger partial charge in [-0.25, -0.2) is 4.79 Å². The van der Waals surface area contributed by atoms with Crippen molar-refractivity contribution < 1.29 is 9.53 Å². The second-order valence-corrected chi connectivity index (χ2v) is 3.53. The standard InChI is InChI=1S/C9H16NO2/c1-5-6-7(10)8(11)12-9(2,3)4/h6,10H,5H2,1-4H3. The number of hydrogen-bond donors (Lipinski definition) is 1. The van der Waals surface area contributed by atoms with Crippen LogP contribution in [0, 0.1) is 11.8 Å². The Balaban J connectivity index is 3.97. The second-order valence-electron chi connectivity index (χ2n) is 3.53. The summed E-state index contributed by atoms with van der Waals surface area (Å²) in [5.41, 5.74) is -0.572. The van der Waals surface area contributed by atoms with Gasteiger partial charge < -0.3 is 4.74 Å². The molecular formula is C9H16NO2. The van der Waals surface area contributed by atoms with Crippen molar-refractivity contribution >= 4 is 11.7 Å². The van der Waals surface area contributed by atoms with Crippen molar-refractivity contribution in [1.82, 2.24) is 0 Å². The summed E-state index contributed by atoms with van der Waals surface area (Å²) in [5.74, 6) is -0.552. The van der Waals surface area contributed by atoms with Gasteiger partial charge in [-0.2, -0.15) is 0 Å². The summed E-state index contributed by atoms with van der Waals surface area (Å²) in [6, 6.07) is 0. The largest absolute Gasteiger partial charge is 0.455 e. The van der Waals surface area contributed by atoms with Gasteiger partial charge in [0.05, 0.1) is 0 Å². The van der Waals surface area contributed by atoms with Crippen LogP contribution in [-0.4, -0.2) is 17.3 Å². The molecule has 1 N–H and O–H groups in total. The Morgan fingerprint density at radius 3 is 2.33 bits per heavy atom. The third-order valence-electron chi connectivity index (χ3n) is 1.03. The average molecular weight is 170 g/mol. The van der Waals surface area contributed by atoms with Crippen molar-refractivity contribution in [3.63, 3.8) is 0 Å². The molecule has 0 amide bonds. The van der Waals surface area contributed by atoms with E-state index < -0.39 is 11.6 Å². The molecule has 12 heavy (non-hydrogen) atoms. The minimum Gasteiger partial charge on any atom is -0.455 e. The molecule has 0 atom stereocenters. The summed E-state index contributed by atoms with van der Waals surface area (Å²) in [7, 11) is 0. The lowest BCUT2D eigenvalue weighted by Crippen LogP contribution is -2.28. The monoisotopic (exact) mass is 170 g/mol. The first kappa shape index (κ1) is 11.1. The Morgan fingerprint density at radius 2 is 2.00 bits per heavy atom. The Labute approximate surface area is 73.6 Å². The van der Waals surface area contributed by atoms with Gasteiger partial charge in [0.1, 0.15) is 11.3 Å². The second kappa shape index (κ2) is 4.24. The molecule has 0 aromatic heterocycles. The topological polar surface area (TPSA) is 50.2 Å². The van der Waals surface area contributed by atoms with Crippen LogP contribution in [0.25, 0.3) is 0 Å². The lowest BCUT2D eigenvalue weighted by Gasteiger charge is -2.19. The third kappa shape index (κ3) is 4.88. The quantitative estimate of drug-likeness (QED) is 0.520. The molecule has 3 heteroatoms. The van der Waals surface area contributed by atoms with Crippen LogP contribution in [0.4, 0.5) is 0 Å². The number of carbonyl (C=O) groups is 1. The van der Waals surface area contributed by atoms with Gasteiger partial charge in [0.15, 0.2) is 0 Å². The fourth-order valence-electron chi connectivity index (χ4n) is 0.621. The molecule has 0 spiro atoms. The highest BCUT2D eigenvalue weighted by atomic mass is 16.6. The summed E-state index contributed by atoms with van der Waals surface area (Å²) >= 11 is 0. The zero-order valence-corrected chi connectivity index (χ0v) is 8.10. The highest BCUT2D eigenvalue weighted by molar-refractivity contribution is 6.38. The first-order valence-electron chi connectivity index (χ1n) is 4.02. The minimum atomic E-state index is -0.552. The van der Waals surface area contributed by atoms with Gasteiger partial charge >= 0.3 is 5.97 Å².